The molecule has 1 aromatic carbocycles. The fourth-order valence-electron chi connectivity index (χ4n) is 0.860. The summed E-state index contributed by atoms with van der Waals surface area (Å²) in [6.45, 7) is 0. The van der Waals surface area contributed by atoms with Crippen LogP contribution in [0.5, 0.6) is 5.75 Å². The van der Waals surface area contributed by atoms with Gasteiger partial charge in [-0.25, -0.2) is 4.98 Å². The Balaban J connectivity index is 2.95. The molecule has 0 N–H and O–H groups in total. The van der Waals surface area contributed by atoms with Gasteiger partial charge >= 0.3 is 0 Å². The molecule has 0 saturated carbocycles. The first kappa shape index (κ1) is 5.68. The lowest BCUT2D eigenvalue weighted by molar-refractivity contribution is 0.359. The maximum atomic E-state index is 11.0. The van der Waals surface area contributed by atoms with E-state index in [9.17, 15) is 5.11 Å². The lowest BCUT2D eigenvalue weighted by atomic mass is 10.3. The van der Waals surface area contributed by atoms with Crippen molar-refractivity contribution in [2.45, 2.75) is 0 Å². The first-order valence-corrected chi connectivity index (χ1v) is 3.75. The van der Waals surface area contributed by atoms with Crippen LogP contribution in [0.1, 0.15) is 0 Å². The first-order chi connectivity index (χ1) is 4.88. The second kappa shape index (κ2) is 1.95. The molecule has 0 unspecified atom stereocenters. The van der Waals surface area contributed by atoms with Crippen molar-refractivity contribution in [3.05, 3.63) is 23.7 Å². The topological polar surface area (TPSA) is 32.8 Å². The summed E-state index contributed by atoms with van der Waals surface area (Å²) in [5, 5.41) is 11.0. The number of para-hydroxylation sites is 1. The Hall–Kier alpha value is -1.09. The third kappa shape index (κ3) is 0.675. The fourth-order valence-corrected chi connectivity index (χ4v) is 1.55. The number of hydrogen-bond acceptors (Lipinski definition) is 2. The van der Waals surface area contributed by atoms with Crippen molar-refractivity contribution in [2.75, 3.05) is 0 Å². The summed E-state index contributed by atoms with van der Waals surface area (Å²) < 4.78 is 0.965. The summed E-state index contributed by atoms with van der Waals surface area (Å²) in [5.41, 5.74) is 2.28. The van der Waals surface area contributed by atoms with Gasteiger partial charge in [-0.05, 0) is 12.1 Å². The summed E-state index contributed by atoms with van der Waals surface area (Å²) in [7, 11) is 0. The number of benzene rings is 1. The van der Waals surface area contributed by atoms with E-state index in [2.05, 4.69) is 4.98 Å². The van der Waals surface area contributed by atoms with Gasteiger partial charge in [-0.1, -0.05) is 6.07 Å². The first-order valence-electron chi connectivity index (χ1n) is 2.87. The molecule has 0 saturated heterocycles. The molecule has 10 heavy (non-hydrogen) atoms. The standard InChI is InChI=1S/C7H4NOS/c9-5-2-1-3-6-7(5)8-4-10-6/h1-4H. The lowest BCUT2D eigenvalue weighted by Gasteiger charge is -1.85. The summed E-state index contributed by atoms with van der Waals surface area (Å²) in [4.78, 5) is 3.92. The minimum Gasteiger partial charge on any atom is -0.287 e. The van der Waals surface area contributed by atoms with Crippen LogP contribution in [0.2, 0.25) is 0 Å². The van der Waals surface area contributed by atoms with Crippen molar-refractivity contribution in [3.8, 4) is 5.75 Å². The Morgan fingerprint density at radius 2 is 2.30 bits per heavy atom. The molecule has 0 aliphatic rings. The Kier molecular flexibility index (Phi) is 1.11. The summed E-state index contributed by atoms with van der Waals surface area (Å²) in [6.07, 6.45) is 0. The highest BCUT2D eigenvalue weighted by atomic mass is 32.1. The molecule has 0 bridgehead atoms. The minimum atomic E-state index is 0.0127. The van der Waals surface area contributed by atoms with Crippen LogP contribution in [0.3, 0.4) is 0 Å². The predicted molar refractivity (Wildman–Crippen MR) is 39.8 cm³/mol. The van der Waals surface area contributed by atoms with E-state index in [1.165, 1.54) is 17.4 Å². The van der Waals surface area contributed by atoms with E-state index in [1.807, 2.05) is 6.07 Å². The van der Waals surface area contributed by atoms with Crippen molar-refractivity contribution in [2.24, 2.45) is 0 Å². The Bertz CT molecular complexity index is 355. The molecule has 0 atom stereocenters. The maximum Gasteiger partial charge on any atom is 0.205 e. The molecular formula is C7H4NOS. The van der Waals surface area contributed by atoms with E-state index in [-0.39, 0.29) is 5.75 Å². The quantitative estimate of drug-likeness (QED) is 0.567. The molecule has 49 valence electrons. The molecule has 2 nitrogen and oxygen atoms in total. The molecular weight excluding hydrogens is 146 g/mol. The summed E-state index contributed by atoms with van der Waals surface area (Å²) in [5.74, 6) is 0.0127. The molecule has 0 spiro atoms. The van der Waals surface area contributed by atoms with Gasteiger partial charge in [0.25, 0.3) is 0 Å². The molecule has 1 aromatic heterocycles. The van der Waals surface area contributed by atoms with Crippen LogP contribution in [0.4, 0.5) is 0 Å². The maximum absolute atomic E-state index is 11.0. The van der Waals surface area contributed by atoms with E-state index in [4.69, 9.17) is 0 Å². The van der Waals surface area contributed by atoms with Gasteiger partial charge in [-0.3, -0.25) is 5.11 Å². The van der Waals surface area contributed by atoms with Crippen LogP contribution in [0.15, 0.2) is 23.7 Å². The van der Waals surface area contributed by atoms with Gasteiger partial charge in [-0.15, -0.1) is 11.3 Å². The SMILES string of the molecule is [O]c1cccc2scnc12. The zero-order chi connectivity index (χ0) is 6.97. The molecule has 0 amide bonds. The van der Waals surface area contributed by atoms with Crippen LogP contribution in [0.25, 0.3) is 10.2 Å². The third-order valence-corrected chi connectivity index (χ3v) is 2.12. The number of aromatic nitrogens is 1. The smallest absolute Gasteiger partial charge is 0.205 e. The molecule has 0 aliphatic heterocycles. The normalized spacial score (nSPS) is 10.4. The zero-order valence-electron chi connectivity index (χ0n) is 5.07. The van der Waals surface area contributed by atoms with Gasteiger partial charge < -0.3 is 0 Å². The highest BCUT2D eigenvalue weighted by molar-refractivity contribution is 7.16. The van der Waals surface area contributed by atoms with Crippen molar-refractivity contribution < 1.29 is 5.11 Å². The largest absolute Gasteiger partial charge is 0.287 e. The van der Waals surface area contributed by atoms with E-state index in [0.717, 1.165) is 4.70 Å². The van der Waals surface area contributed by atoms with Crippen LogP contribution >= 0.6 is 11.3 Å². The monoisotopic (exact) mass is 150 g/mol. The lowest BCUT2D eigenvalue weighted by Crippen LogP contribution is -1.65. The highest BCUT2D eigenvalue weighted by Gasteiger charge is 2.00. The van der Waals surface area contributed by atoms with Crippen molar-refractivity contribution >= 4 is 21.6 Å². The second-order valence-electron chi connectivity index (χ2n) is 1.96. The number of rotatable bonds is 0. The van der Waals surface area contributed by atoms with E-state index in [1.54, 1.807) is 11.6 Å². The number of thiazole rings is 1. The highest BCUT2D eigenvalue weighted by Crippen LogP contribution is 2.25. The third-order valence-electron chi connectivity index (χ3n) is 1.32. The second-order valence-corrected chi connectivity index (χ2v) is 2.84. The van der Waals surface area contributed by atoms with Gasteiger partial charge in [0, 0.05) is 0 Å². The molecule has 0 aliphatic carbocycles. The van der Waals surface area contributed by atoms with Crippen LogP contribution in [-0.4, -0.2) is 4.98 Å². The van der Waals surface area contributed by atoms with Crippen LogP contribution in [-0.2, 0) is 5.11 Å². The van der Waals surface area contributed by atoms with Crippen molar-refractivity contribution in [1.29, 1.82) is 0 Å². The average molecular weight is 150 g/mol. The number of nitrogens with zero attached hydrogens (tertiary/aromatic N) is 1. The number of hydrogen-bond donors (Lipinski definition) is 0. The summed E-state index contributed by atoms with van der Waals surface area (Å²) in [6, 6.07) is 5.18. The zero-order valence-corrected chi connectivity index (χ0v) is 5.89. The fraction of sp³-hybridized carbons (Fsp3) is 0. The molecule has 2 rings (SSSR count). The summed E-state index contributed by atoms with van der Waals surface area (Å²) >= 11 is 1.49. The van der Waals surface area contributed by atoms with Gasteiger partial charge in [0.15, 0.2) is 0 Å². The van der Waals surface area contributed by atoms with Crippen molar-refractivity contribution in [3.63, 3.8) is 0 Å². The predicted octanol–water partition coefficient (Wildman–Crippen LogP) is 2.44. The molecule has 2 aromatic rings. The van der Waals surface area contributed by atoms with E-state index in [0.29, 0.717) is 5.52 Å². The van der Waals surface area contributed by atoms with Crippen molar-refractivity contribution in [1.82, 2.24) is 4.98 Å². The molecule has 0 fully saturated rings. The van der Waals surface area contributed by atoms with Crippen LogP contribution < -0.4 is 0 Å². The molecule has 1 heterocycles. The minimum absolute atomic E-state index is 0.0127. The van der Waals surface area contributed by atoms with Crippen LogP contribution in [0, 0.1) is 0 Å². The van der Waals surface area contributed by atoms with Gasteiger partial charge in [0.05, 0.1) is 10.2 Å². The molecule has 1 radical (unpaired) electrons. The van der Waals surface area contributed by atoms with Gasteiger partial charge in [0.2, 0.25) is 5.75 Å². The van der Waals surface area contributed by atoms with Gasteiger partial charge in [0.1, 0.15) is 5.52 Å². The average Bonchev–Trinajstić information content (AvgIpc) is 2.36. The van der Waals surface area contributed by atoms with Gasteiger partial charge in [-0.2, -0.15) is 0 Å². The molecule has 3 heteroatoms. The number of fused-ring (bicyclic) bond motifs is 1. The Labute approximate surface area is 61.8 Å². The van der Waals surface area contributed by atoms with E-state index < -0.39 is 0 Å². The Morgan fingerprint density at radius 1 is 1.40 bits per heavy atom. The Morgan fingerprint density at radius 3 is 3.10 bits per heavy atom. The van der Waals surface area contributed by atoms with E-state index >= 15 is 0 Å².